The minimum atomic E-state index is -4.11. The molecule has 0 unspecified atom stereocenters. The van der Waals surface area contributed by atoms with Crippen molar-refractivity contribution in [2.75, 3.05) is 4.72 Å². The van der Waals surface area contributed by atoms with Gasteiger partial charge in [0.1, 0.15) is 10.5 Å². The molecule has 0 aliphatic heterocycles. The Labute approximate surface area is 130 Å². The van der Waals surface area contributed by atoms with Crippen LogP contribution in [-0.2, 0) is 17.1 Å². The maximum atomic E-state index is 12.3. The lowest BCUT2D eigenvalue weighted by molar-refractivity contribution is 0.0698. The second kappa shape index (κ2) is 5.55. The largest absolute Gasteiger partial charge is 0.477 e. The van der Waals surface area contributed by atoms with Crippen molar-refractivity contribution in [2.45, 2.75) is 4.90 Å². The van der Waals surface area contributed by atoms with Crippen LogP contribution in [0.4, 0.5) is 5.82 Å². The van der Waals surface area contributed by atoms with Crippen molar-refractivity contribution in [1.82, 2.24) is 9.78 Å². The topological polar surface area (TPSA) is 101 Å². The van der Waals surface area contributed by atoms with Crippen LogP contribution in [0.15, 0.2) is 29.3 Å². The van der Waals surface area contributed by atoms with E-state index in [9.17, 15) is 13.2 Å². The average Bonchev–Trinajstić information content (AvgIpc) is 2.74. The number of carboxylic acid groups (broad SMARTS) is 1. The predicted octanol–water partition coefficient (Wildman–Crippen LogP) is 2.23. The molecular weight excluding hydrogens is 341 g/mol. The normalized spacial score (nSPS) is 11.4. The molecule has 0 saturated carbocycles. The molecule has 0 aliphatic rings. The lowest BCUT2D eigenvalue weighted by Crippen LogP contribution is -2.18. The van der Waals surface area contributed by atoms with E-state index in [2.05, 4.69) is 9.82 Å². The van der Waals surface area contributed by atoms with Crippen molar-refractivity contribution in [2.24, 2.45) is 7.05 Å². The van der Waals surface area contributed by atoms with Gasteiger partial charge in [0, 0.05) is 7.05 Å². The van der Waals surface area contributed by atoms with Crippen molar-refractivity contribution in [1.29, 1.82) is 0 Å². The quantitative estimate of drug-likeness (QED) is 0.881. The molecule has 2 N–H and O–H groups in total. The zero-order valence-corrected chi connectivity index (χ0v) is 12.9. The molecule has 1 aromatic heterocycles. The Morgan fingerprint density at radius 3 is 2.67 bits per heavy atom. The summed E-state index contributed by atoms with van der Waals surface area (Å²) in [5.41, 5.74) is -0.278. The smallest absolute Gasteiger partial charge is 0.341 e. The fourth-order valence-electron chi connectivity index (χ4n) is 1.59. The van der Waals surface area contributed by atoms with Crippen molar-refractivity contribution in [3.05, 3.63) is 40.0 Å². The number of nitrogens with one attached hydrogen (secondary N) is 1. The van der Waals surface area contributed by atoms with E-state index >= 15 is 0 Å². The van der Waals surface area contributed by atoms with Gasteiger partial charge in [-0.25, -0.2) is 13.2 Å². The Hall–Kier alpha value is -1.77. The summed E-state index contributed by atoms with van der Waals surface area (Å²) < 4.78 is 27.9. The lowest BCUT2D eigenvalue weighted by atomic mass is 10.3. The molecule has 0 bridgehead atoms. The number of aromatic nitrogens is 2. The Bertz CT molecular complexity index is 817. The van der Waals surface area contributed by atoms with Gasteiger partial charge in [0.25, 0.3) is 10.0 Å². The molecule has 0 spiro atoms. The summed E-state index contributed by atoms with van der Waals surface area (Å²) >= 11 is 11.6. The van der Waals surface area contributed by atoms with Crippen LogP contribution in [0.1, 0.15) is 10.4 Å². The first-order valence-corrected chi connectivity index (χ1v) is 7.70. The SMILES string of the molecule is Cn1ncc(C(=O)O)c1NS(=O)(=O)c1cccc(Cl)c1Cl. The maximum Gasteiger partial charge on any atom is 0.341 e. The monoisotopic (exact) mass is 349 g/mol. The third-order valence-corrected chi connectivity index (χ3v) is 4.92. The number of aromatic carboxylic acids is 1. The van der Waals surface area contributed by atoms with E-state index in [4.69, 9.17) is 28.3 Å². The molecule has 0 atom stereocenters. The number of hydrogen-bond donors (Lipinski definition) is 2. The molecule has 0 radical (unpaired) electrons. The van der Waals surface area contributed by atoms with E-state index in [-0.39, 0.29) is 26.3 Å². The number of hydrogen-bond acceptors (Lipinski definition) is 4. The molecule has 0 aliphatic carbocycles. The summed E-state index contributed by atoms with van der Waals surface area (Å²) in [5.74, 6) is -1.49. The first-order chi connectivity index (χ1) is 9.74. The van der Waals surface area contributed by atoms with Gasteiger partial charge in [0.15, 0.2) is 5.82 Å². The van der Waals surface area contributed by atoms with Gasteiger partial charge >= 0.3 is 5.97 Å². The van der Waals surface area contributed by atoms with Crippen LogP contribution in [0.5, 0.6) is 0 Å². The first-order valence-electron chi connectivity index (χ1n) is 5.46. The molecule has 2 rings (SSSR count). The number of anilines is 1. The van der Waals surface area contributed by atoms with Gasteiger partial charge in [-0.1, -0.05) is 29.3 Å². The van der Waals surface area contributed by atoms with E-state index in [1.807, 2.05) is 0 Å². The summed E-state index contributed by atoms with van der Waals surface area (Å²) in [4.78, 5) is 10.8. The third-order valence-electron chi connectivity index (χ3n) is 2.61. The zero-order chi connectivity index (χ0) is 15.8. The average molecular weight is 350 g/mol. The van der Waals surface area contributed by atoms with Crippen molar-refractivity contribution >= 4 is 45.0 Å². The summed E-state index contributed by atoms with van der Waals surface area (Å²) in [5, 5.41) is 12.6. The van der Waals surface area contributed by atoms with Gasteiger partial charge in [-0.05, 0) is 12.1 Å². The minimum Gasteiger partial charge on any atom is -0.477 e. The van der Waals surface area contributed by atoms with E-state index < -0.39 is 16.0 Å². The Kier molecular flexibility index (Phi) is 4.13. The fourth-order valence-corrected chi connectivity index (χ4v) is 3.46. The summed E-state index contributed by atoms with van der Waals surface area (Å²) in [6.45, 7) is 0. The molecule has 112 valence electrons. The van der Waals surface area contributed by atoms with E-state index in [0.717, 1.165) is 10.9 Å². The maximum absolute atomic E-state index is 12.3. The molecule has 1 aromatic carbocycles. The summed E-state index contributed by atoms with van der Waals surface area (Å²) in [7, 11) is -2.70. The molecule has 2 aromatic rings. The van der Waals surface area contributed by atoms with Crippen LogP contribution in [0.3, 0.4) is 0 Å². The highest BCUT2D eigenvalue weighted by Crippen LogP contribution is 2.30. The number of carboxylic acids is 1. The second-order valence-corrected chi connectivity index (χ2v) is 6.43. The van der Waals surface area contributed by atoms with Gasteiger partial charge in [0.05, 0.1) is 16.2 Å². The number of sulfonamides is 1. The van der Waals surface area contributed by atoms with Gasteiger partial charge in [-0.2, -0.15) is 5.10 Å². The van der Waals surface area contributed by atoms with Crippen LogP contribution in [0, 0.1) is 0 Å². The summed E-state index contributed by atoms with van der Waals surface area (Å²) in [6, 6.07) is 4.12. The van der Waals surface area contributed by atoms with E-state index in [0.29, 0.717) is 0 Å². The number of benzene rings is 1. The van der Waals surface area contributed by atoms with Crippen molar-refractivity contribution in [3.63, 3.8) is 0 Å². The van der Waals surface area contributed by atoms with Gasteiger partial charge in [0.2, 0.25) is 0 Å². The molecule has 7 nitrogen and oxygen atoms in total. The zero-order valence-electron chi connectivity index (χ0n) is 10.5. The molecule has 0 amide bonds. The second-order valence-electron chi connectivity index (χ2n) is 3.99. The van der Waals surface area contributed by atoms with Gasteiger partial charge in [-0.15, -0.1) is 0 Å². The fraction of sp³-hybridized carbons (Fsp3) is 0.0909. The highest BCUT2D eigenvalue weighted by molar-refractivity contribution is 7.92. The van der Waals surface area contributed by atoms with Gasteiger partial charge < -0.3 is 5.11 Å². The minimum absolute atomic E-state index is 0.0722. The van der Waals surface area contributed by atoms with Crippen LogP contribution < -0.4 is 4.72 Å². The highest BCUT2D eigenvalue weighted by Gasteiger charge is 2.24. The predicted molar refractivity (Wildman–Crippen MR) is 77.4 cm³/mol. The van der Waals surface area contributed by atoms with Crippen LogP contribution in [0.2, 0.25) is 10.0 Å². The number of nitrogens with zero attached hydrogens (tertiary/aromatic N) is 2. The van der Waals surface area contributed by atoms with Gasteiger partial charge in [-0.3, -0.25) is 9.40 Å². The molecule has 21 heavy (non-hydrogen) atoms. The number of carbonyl (C=O) groups is 1. The number of rotatable bonds is 4. The lowest BCUT2D eigenvalue weighted by Gasteiger charge is -2.11. The highest BCUT2D eigenvalue weighted by atomic mass is 35.5. The molecule has 0 fully saturated rings. The third kappa shape index (κ3) is 2.97. The number of aryl methyl sites for hydroxylation is 1. The molecule has 0 saturated heterocycles. The Balaban J connectivity index is 2.50. The standard InChI is InChI=1S/C11H9Cl2N3O4S/c1-16-10(6(5-14-16)11(17)18)15-21(19,20)8-4-2-3-7(12)9(8)13/h2-5,15H,1H3,(H,17,18). The Morgan fingerprint density at radius 2 is 2.05 bits per heavy atom. The molecule has 10 heteroatoms. The van der Waals surface area contributed by atoms with Crippen LogP contribution in [0.25, 0.3) is 0 Å². The van der Waals surface area contributed by atoms with Crippen molar-refractivity contribution < 1.29 is 18.3 Å². The van der Waals surface area contributed by atoms with E-state index in [1.54, 1.807) is 0 Å². The van der Waals surface area contributed by atoms with Crippen LogP contribution in [-0.4, -0.2) is 29.3 Å². The van der Waals surface area contributed by atoms with Crippen molar-refractivity contribution in [3.8, 4) is 0 Å². The molecular formula is C11H9Cl2N3O4S. The van der Waals surface area contributed by atoms with Crippen LogP contribution >= 0.6 is 23.2 Å². The van der Waals surface area contributed by atoms with E-state index in [1.165, 1.54) is 25.2 Å². The Morgan fingerprint density at radius 1 is 1.38 bits per heavy atom. The first kappa shape index (κ1) is 15.6. The summed E-state index contributed by atoms with van der Waals surface area (Å²) in [6.07, 6.45) is 1.04. The number of halogens is 2. The molecule has 1 heterocycles.